The van der Waals surface area contributed by atoms with Gasteiger partial charge in [-0.3, -0.25) is 0 Å². The highest BCUT2D eigenvalue weighted by Gasteiger charge is 2.32. The molecule has 0 aliphatic carbocycles. The molecule has 0 spiro atoms. The Morgan fingerprint density at radius 1 is 0.905 bits per heavy atom. The van der Waals surface area contributed by atoms with E-state index in [0.717, 1.165) is 53.4 Å². The zero-order chi connectivity index (χ0) is 30.7. The van der Waals surface area contributed by atoms with Gasteiger partial charge in [-0.2, -0.15) is 0 Å². The average Bonchev–Trinajstić information content (AvgIpc) is 3.37. The topological polar surface area (TPSA) is 100 Å². The summed E-state index contributed by atoms with van der Waals surface area (Å²) in [7, 11) is 0.172. The van der Waals surface area contributed by atoms with E-state index in [1.54, 1.807) is 12.1 Å². The van der Waals surface area contributed by atoms with Crippen LogP contribution in [0.15, 0.2) is 65.6 Å². The third kappa shape index (κ3) is 6.85. The van der Waals surface area contributed by atoms with Crippen LogP contribution in [0.3, 0.4) is 0 Å². The molecule has 1 aromatic heterocycles. The molecule has 0 atom stereocenters. The monoisotopic (exact) mass is 591 g/mol. The largest absolute Gasteiger partial charge is 0.505 e. The predicted molar refractivity (Wildman–Crippen MR) is 170 cm³/mol. The minimum absolute atomic E-state index is 0.107. The van der Waals surface area contributed by atoms with E-state index in [9.17, 15) is 13.5 Å². The van der Waals surface area contributed by atoms with Crippen LogP contribution in [0.2, 0.25) is 0 Å². The second-order valence-corrected chi connectivity index (χ2v) is 14.3. The summed E-state index contributed by atoms with van der Waals surface area (Å²) >= 11 is 0. The van der Waals surface area contributed by atoms with Crippen molar-refractivity contribution in [2.24, 2.45) is 0 Å². The van der Waals surface area contributed by atoms with Gasteiger partial charge in [-0.1, -0.05) is 84.2 Å². The number of fused-ring (bicyclic) bond motifs is 1. The zero-order valence-corrected chi connectivity index (χ0v) is 26.8. The van der Waals surface area contributed by atoms with Gasteiger partial charge in [0.15, 0.2) is 0 Å². The Balaban J connectivity index is 1.78. The summed E-state index contributed by atoms with van der Waals surface area (Å²) in [6, 6.07) is 18.7. The molecule has 0 radical (unpaired) electrons. The summed E-state index contributed by atoms with van der Waals surface area (Å²) in [5.41, 5.74) is 3.95. The predicted octanol–water partition coefficient (Wildman–Crippen LogP) is 6.15. The Kier molecular flexibility index (Phi) is 9.45. The lowest BCUT2D eigenvalue weighted by molar-refractivity contribution is 0.412. The molecule has 3 aromatic carbocycles. The summed E-state index contributed by atoms with van der Waals surface area (Å²) in [4.78, 5) is 3.67. The Hall–Kier alpha value is -3.27. The highest BCUT2D eigenvalue weighted by Crippen LogP contribution is 2.43. The Morgan fingerprint density at radius 3 is 2.10 bits per heavy atom. The molecule has 0 bridgehead atoms. The third-order valence-corrected chi connectivity index (χ3v) is 9.67. The van der Waals surface area contributed by atoms with Crippen molar-refractivity contribution in [3.8, 4) is 11.4 Å². The molecular formula is C33H45N5O3S. The van der Waals surface area contributed by atoms with Gasteiger partial charge in [0.1, 0.15) is 22.5 Å². The van der Waals surface area contributed by atoms with Crippen LogP contribution in [0, 0.1) is 0 Å². The van der Waals surface area contributed by atoms with Crippen molar-refractivity contribution < 1.29 is 13.5 Å². The van der Waals surface area contributed by atoms with E-state index in [0.29, 0.717) is 18.8 Å². The van der Waals surface area contributed by atoms with Crippen molar-refractivity contribution in [1.29, 1.82) is 0 Å². The lowest BCUT2D eigenvalue weighted by atomic mass is 9.73. The van der Waals surface area contributed by atoms with Gasteiger partial charge >= 0.3 is 0 Å². The molecule has 0 amide bonds. The minimum atomic E-state index is -3.63. The summed E-state index contributed by atoms with van der Waals surface area (Å²) in [5.74, 6) is 0.107. The first kappa shape index (κ1) is 31.7. The van der Waals surface area contributed by atoms with E-state index in [2.05, 4.69) is 41.8 Å². The van der Waals surface area contributed by atoms with E-state index < -0.39 is 15.4 Å². The van der Waals surface area contributed by atoms with Gasteiger partial charge in [0.25, 0.3) is 0 Å². The normalized spacial score (nSPS) is 12.9. The number of aromatic hydroxyl groups is 1. The maximum atomic E-state index is 12.9. The number of phenolic OH excluding ortho intramolecular Hbond substituents is 1. The first-order valence-corrected chi connectivity index (χ1v) is 16.2. The Morgan fingerprint density at radius 2 is 1.52 bits per heavy atom. The number of likely N-dealkylation sites (N-methyl/N-ethyl adjacent to an activating group) is 1. The van der Waals surface area contributed by atoms with Crippen LogP contribution in [-0.2, 0) is 20.9 Å². The molecule has 8 nitrogen and oxygen atoms in total. The quantitative estimate of drug-likeness (QED) is 0.181. The van der Waals surface area contributed by atoms with Gasteiger partial charge in [-0.05, 0) is 67.4 Å². The minimum Gasteiger partial charge on any atom is -0.505 e. The molecule has 0 saturated carbocycles. The van der Waals surface area contributed by atoms with E-state index >= 15 is 0 Å². The van der Waals surface area contributed by atoms with Crippen molar-refractivity contribution in [3.05, 3.63) is 77.4 Å². The van der Waals surface area contributed by atoms with Gasteiger partial charge in [0.2, 0.25) is 10.0 Å². The second-order valence-electron chi connectivity index (χ2n) is 12.6. The first-order chi connectivity index (χ1) is 19.8. The summed E-state index contributed by atoms with van der Waals surface area (Å²) in [5, 5.41) is 21.1. The van der Waals surface area contributed by atoms with Crippen LogP contribution in [0.4, 0.5) is 0 Å². The number of benzene rings is 3. The molecule has 0 unspecified atom stereocenters. The van der Waals surface area contributed by atoms with Crippen molar-refractivity contribution >= 4 is 21.1 Å². The van der Waals surface area contributed by atoms with Gasteiger partial charge in [0, 0.05) is 24.1 Å². The van der Waals surface area contributed by atoms with E-state index in [1.165, 1.54) is 4.80 Å². The number of sulfonamides is 1. The third-order valence-electron chi connectivity index (χ3n) is 8.19. The number of rotatable bonds is 13. The van der Waals surface area contributed by atoms with Crippen LogP contribution in [0.25, 0.3) is 16.7 Å². The van der Waals surface area contributed by atoms with Gasteiger partial charge in [-0.25, -0.2) is 13.1 Å². The molecule has 0 saturated heterocycles. The number of hydrogen-bond donors (Lipinski definition) is 2. The van der Waals surface area contributed by atoms with Crippen LogP contribution in [0.5, 0.6) is 5.75 Å². The fourth-order valence-corrected chi connectivity index (χ4v) is 6.28. The highest BCUT2D eigenvalue weighted by molar-refractivity contribution is 7.89. The van der Waals surface area contributed by atoms with Crippen molar-refractivity contribution in [2.75, 3.05) is 27.2 Å². The molecule has 1 heterocycles. The second kappa shape index (κ2) is 12.5. The maximum Gasteiger partial charge on any atom is 0.240 e. The number of phenols is 1. The standard InChI is InChI=1S/C33H45N5O3S/c1-8-9-12-19-32(2,3)25-22-27(31(39)30(23-25)38-35-28-13-10-11-14-29(28)36-38)33(4,5)24-15-17-26(18-16-24)42(40,41)34-20-21-37(6)7/h10-11,13-18,22-23,34,39H,8-9,12,19-21H2,1-7H3. The molecule has 9 heteroatoms. The molecule has 226 valence electrons. The van der Waals surface area contributed by atoms with E-state index in [4.69, 9.17) is 0 Å². The van der Waals surface area contributed by atoms with Crippen LogP contribution in [-0.4, -0.2) is 60.6 Å². The number of nitrogens with zero attached hydrogens (tertiary/aromatic N) is 4. The lowest BCUT2D eigenvalue weighted by Crippen LogP contribution is -2.31. The fourth-order valence-electron chi connectivity index (χ4n) is 5.26. The molecule has 0 fully saturated rings. The number of unbranched alkanes of at least 4 members (excludes halogenated alkanes) is 2. The van der Waals surface area contributed by atoms with Gasteiger partial charge < -0.3 is 10.0 Å². The summed E-state index contributed by atoms with van der Waals surface area (Å²) in [6.07, 6.45) is 4.43. The maximum absolute atomic E-state index is 12.9. The highest BCUT2D eigenvalue weighted by atomic mass is 32.2. The van der Waals surface area contributed by atoms with Crippen molar-refractivity contribution in [2.45, 2.75) is 76.0 Å². The number of hydrogen-bond acceptors (Lipinski definition) is 6. The zero-order valence-electron chi connectivity index (χ0n) is 26.0. The van der Waals surface area contributed by atoms with Crippen LogP contribution in [0.1, 0.15) is 77.0 Å². The molecule has 4 aromatic rings. The molecule has 2 N–H and O–H groups in total. The molecular weight excluding hydrogens is 546 g/mol. The van der Waals surface area contributed by atoms with Crippen LogP contribution < -0.4 is 4.72 Å². The summed E-state index contributed by atoms with van der Waals surface area (Å²) < 4.78 is 28.4. The fraction of sp³-hybridized carbons (Fsp3) is 0.455. The van der Waals surface area contributed by atoms with Crippen molar-refractivity contribution in [3.63, 3.8) is 0 Å². The first-order valence-electron chi connectivity index (χ1n) is 14.7. The Bertz CT molecular complexity index is 1590. The van der Waals surface area contributed by atoms with Crippen LogP contribution >= 0.6 is 0 Å². The van der Waals surface area contributed by atoms with Gasteiger partial charge in [0.05, 0.1) is 4.90 Å². The lowest BCUT2D eigenvalue weighted by Gasteiger charge is -2.32. The van der Waals surface area contributed by atoms with E-state index in [-0.39, 0.29) is 16.1 Å². The average molecular weight is 592 g/mol. The molecule has 0 aliphatic rings. The molecule has 42 heavy (non-hydrogen) atoms. The Labute approximate surface area is 250 Å². The smallest absolute Gasteiger partial charge is 0.240 e. The van der Waals surface area contributed by atoms with E-state index in [1.807, 2.05) is 75.3 Å². The van der Waals surface area contributed by atoms with Crippen molar-refractivity contribution in [1.82, 2.24) is 24.6 Å². The SMILES string of the molecule is CCCCCC(C)(C)c1cc(-n2nc3ccccc3n2)c(O)c(C(C)(C)c2ccc(S(=O)(=O)NCCN(C)C)cc2)c1. The number of aromatic nitrogens is 3. The number of nitrogens with one attached hydrogen (secondary N) is 1. The summed E-state index contributed by atoms with van der Waals surface area (Å²) in [6.45, 7) is 11.7. The molecule has 4 rings (SSSR count). The molecule has 0 aliphatic heterocycles. The van der Waals surface area contributed by atoms with Gasteiger partial charge in [-0.15, -0.1) is 15.0 Å².